The Morgan fingerprint density at radius 2 is 2.04 bits per heavy atom. The molecule has 2 aromatic carbocycles. The largest absolute Gasteiger partial charge is 0.497 e. The summed E-state index contributed by atoms with van der Waals surface area (Å²) in [5.41, 5.74) is 1.49. The zero-order valence-electron chi connectivity index (χ0n) is 14.6. The first-order chi connectivity index (χ1) is 12.6. The fourth-order valence-corrected chi connectivity index (χ4v) is 3.44. The summed E-state index contributed by atoms with van der Waals surface area (Å²) >= 11 is 5.90. The number of hydrogen-bond donors (Lipinski definition) is 1. The molecular weight excluding hydrogens is 352 g/mol. The highest BCUT2D eigenvalue weighted by molar-refractivity contribution is 6.30. The quantitative estimate of drug-likeness (QED) is 0.874. The first-order valence-electron chi connectivity index (χ1n) is 8.55. The van der Waals surface area contributed by atoms with Gasteiger partial charge in [0.05, 0.1) is 19.7 Å². The maximum absolute atomic E-state index is 12.6. The lowest BCUT2D eigenvalue weighted by Gasteiger charge is -2.25. The molecule has 1 saturated heterocycles. The van der Waals surface area contributed by atoms with Gasteiger partial charge in [0.2, 0.25) is 5.91 Å². The smallest absolute Gasteiger partial charge is 0.251 e. The monoisotopic (exact) mass is 372 g/mol. The van der Waals surface area contributed by atoms with Crippen LogP contribution in [0.3, 0.4) is 0 Å². The van der Waals surface area contributed by atoms with Gasteiger partial charge < -0.3 is 15.0 Å². The summed E-state index contributed by atoms with van der Waals surface area (Å²) in [5.74, 6) is 0.375. The molecule has 1 atom stereocenters. The minimum absolute atomic E-state index is 0.0145. The Labute approximate surface area is 157 Å². The summed E-state index contributed by atoms with van der Waals surface area (Å²) < 4.78 is 5.28. The van der Waals surface area contributed by atoms with Crippen molar-refractivity contribution in [2.75, 3.05) is 20.2 Å². The second-order valence-corrected chi connectivity index (χ2v) is 6.65. The van der Waals surface area contributed by atoms with Crippen LogP contribution >= 0.6 is 11.6 Å². The number of halogens is 1. The van der Waals surface area contributed by atoms with Crippen LogP contribution < -0.4 is 10.1 Å². The number of nitrogens with zero attached hydrogens (tertiary/aromatic N) is 1. The van der Waals surface area contributed by atoms with Crippen LogP contribution in [0.25, 0.3) is 0 Å². The van der Waals surface area contributed by atoms with E-state index in [1.165, 1.54) is 0 Å². The summed E-state index contributed by atoms with van der Waals surface area (Å²) in [4.78, 5) is 26.7. The average Bonchev–Trinajstić information content (AvgIpc) is 3.16. The van der Waals surface area contributed by atoms with Crippen molar-refractivity contribution >= 4 is 23.4 Å². The highest BCUT2D eigenvalue weighted by Gasteiger charge is 2.30. The molecule has 1 aliphatic heterocycles. The lowest BCUT2D eigenvalue weighted by atomic mass is 10.0. The summed E-state index contributed by atoms with van der Waals surface area (Å²) in [6, 6.07) is 14.4. The molecule has 6 heteroatoms. The Morgan fingerprint density at radius 3 is 2.81 bits per heavy atom. The predicted octanol–water partition coefficient (Wildman–Crippen LogP) is 3.44. The third-order valence-electron chi connectivity index (χ3n) is 4.54. The van der Waals surface area contributed by atoms with Crippen LogP contribution in [0.2, 0.25) is 5.02 Å². The number of carbonyl (C=O) groups is 2. The van der Waals surface area contributed by atoms with Gasteiger partial charge in [-0.3, -0.25) is 9.59 Å². The highest BCUT2D eigenvalue weighted by atomic mass is 35.5. The van der Waals surface area contributed by atoms with Crippen molar-refractivity contribution in [2.45, 2.75) is 18.9 Å². The van der Waals surface area contributed by atoms with E-state index < -0.39 is 0 Å². The molecule has 0 aromatic heterocycles. The van der Waals surface area contributed by atoms with Crippen molar-refractivity contribution in [2.24, 2.45) is 0 Å². The molecule has 0 bridgehead atoms. The van der Waals surface area contributed by atoms with Gasteiger partial charge in [0.25, 0.3) is 5.91 Å². The standard InChI is InChI=1S/C20H21ClN2O3/c1-26-17-8-3-5-14(12-17)18-9-4-10-23(18)19(24)13-22-20(25)15-6-2-7-16(21)11-15/h2-3,5-8,11-12,18H,4,9-10,13H2,1H3,(H,22,25). The summed E-state index contributed by atoms with van der Waals surface area (Å²) in [6.45, 7) is 0.652. The van der Waals surface area contributed by atoms with Crippen molar-refractivity contribution in [3.05, 3.63) is 64.7 Å². The molecule has 1 N–H and O–H groups in total. The fourth-order valence-electron chi connectivity index (χ4n) is 3.25. The van der Waals surface area contributed by atoms with E-state index in [-0.39, 0.29) is 24.4 Å². The van der Waals surface area contributed by atoms with Crippen molar-refractivity contribution < 1.29 is 14.3 Å². The molecule has 1 heterocycles. The van der Waals surface area contributed by atoms with Gasteiger partial charge in [-0.1, -0.05) is 29.8 Å². The van der Waals surface area contributed by atoms with Crippen LogP contribution in [-0.2, 0) is 4.79 Å². The van der Waals surface area contributed by atoms with Crippen LogP contribution in [0.5, 0.6) is 5.75 Å². The van der Waals surface area contributed by atoms with Gasteiger partial charge >= 0.3 is 0 Å². The van der Waals surface area contributed by atoms with Gasteiger partial charge in [-0.25, -0.2) is 0 Å². The number of amides is 2. The third kappa shape index (κ3) is 4.17. The van der Waals surface area contributed by atoms with Crippen LogP contribution in [0.1, 0.15) is 34.8 Å². The summed E-state index contributed by atoms with van der Waals surface area (Å²) in [5, 5.41) is 3.17. The number of benzene rings is 2. The number of rotatable bonds is 5. The zero-order valence-corrected chi connectivity index (χ0v) is 15.3. The van der Waals surface area contributed by atoms with E-state index in [0.29, 0.717) is 17.1 Å². The number of ether oxygens (including phenoxy) is 1. The van der Waals surface area contributed by atoms with Gasteiger partial charge in [0.15, 0.2) is 0 Å². The van der Waals surface area contributed by atoms with Crippen molar-refractivity contribution in [1.29, 1.82) is 0 Å². The normalized spacial score (nSPS) is 16.4. The highest BCUT2D eigenvalue weighted by Crippen LogP contribution is 2.33. The lowest BCUT2D eigenvalue weighted by Crippen LogP contribution is -2.39. The molecular formula is C20H21ClN2O3. The van der Waals surface area contributed by atoms with E-state index in [1.807, 2.05) is 29.2 Å². The molecule has 2 amide bonds. The van der Waals surface area contributed by atoms with E-state index >= 15 is 0 Å². The first-order valence-corrected chi connectivity index (χ1v) is 8.93. The van der Waals surface area contributed by atoms with E-state index in [0.717, 1.165) is 24.2 Å². The van der Waals surface area contributed by atoms with Gasteiger partial charge in [0, 0.05) is 17.1 Å². The van der Waals surface area contributed by atoms with E-state index in [2.05, 4.69) is 5.32 Å². The minimum Gasteiger partial charge on any atom is -0.497 e. The number of likely N-dealkylation sites (tertiary alicyclic amines) is 1. The van der Waals surface area contributed by atoms with Crippen molar-refractivity contribution in [1.82, 2.24) is 10.2 Å². The first kappa shape index (κ1) is 18.3. The van der Waals surface area contributed by atoms with Crippen molar-refractivity contribution in [3.8, 4) is 5.75 Å². The van der Waals surface area contributed by atoms with Gasteiger partial charge in [-0.05, 0) is 48.7 Å². The van der Waals surface area contributed by atoms with E-state index in [4.69, 9.17) is 16.3 Å². The Kier molecular flexibility index (Phi) is 5.78. The second-order valence-electron chi connectivity index (χ2n) is 6.21. The third-order valence-corrected chi connectivity index (χ3v) is 4.77. The zero-order chi connectivity index (χ0) is 18.5. The minimum atomic E-state index is -0.307. The molecule has 136 valence electrons. The van der Waals surface area contributed by atoms with Gasteiger partial charge in [-0.2, -0.15) is 0 Å². The van der Waals surface area contributed by atoms with Crippen LogP contribution in [0.15, 0.2) is 48.5 Å². The molecule has 1 unspecified atom stereocenters. The Bertz CT molecular complexity index is 809. The lowest BCUT2D eigenvalue weighted by molar-refractivity contribution is -0.131. The van der Waals surface area contributed by atoms with E-state index in [1.54, 1.807) is 31.4 Å². The molecule has 1 fully saturated rings. The SMILES string of the molecule is COc1cccc(C2CCCN2C(=O)CNC(=O)c2cccc(Cl)c2)c1. The summed E-state index contributed by atoms with van der Waals surface area (Å²) in [7, 11) is 1.63. The van der Waals surface area contributed by atoms with Crippen LogP contribution in [0, 0.1) is 0 Å². The molecule has 1 aliphatic rings. The number of methoxy groups -OCH3 is 1. The molecule has 2 aromatic rings. The number of hydrogen-bond acceptors (Lipinski definition) is 3. The second kappa shape index (κ2) is 8.23. The molecule has 3 rings (SSSR count). The molecule has 5 nitrogen and oxygen atoms in total. The number of nitrogens with one attached hydrogen (secondary N) is 1. The summed E-state index contributed by atoms with van der Waals surface area (Å²) in [6.07, 6.45) is 1.84. The Balaban J connectivity index is 1.64. The molecule has 0 aliphatic carbocycles. The van der Waals surface area contributed by atoms with Gasteiger partial charge in [-0.15, -0.1) is 0 Å². The molecule has 0 saturated carbocycles. The molecule has 26 heavy (non-hydrogen) atoms. The Hall–Kier alpha value is -2.53. The van der Waals surface area contributed by atoms with E-state index in [9.17, 15) is 9.59 Å². The predicted molar refractivity (Wildman–Crippen MR) is 100 cm³/mol. The van der Waals surface area contributed by atoms with Crippen molar-refractivity contribution in [3.63, 3.8) is 0 Å². The molecule has 0 radical (unpaired) electrons. The number of carbonyl (C=O) groups excluding carboxylic acids is 2. The average molecular weight is 373 g/mol. The maximum Gasteiger partial charge on any atom is 0.251 e. The maximum atomic E-state index is 12.6. The fraction of sp³-hybridized carbons (Fsp3) is 0.300. The topological polar surface area (TPSA) is 58.6 Å². The van der Waals surface area contributed by atoms with Crippen LogP contribution in [-0.4, -0.2) is 36.9 Å². The molecule has 0 spiro atoms. The Morgan fingerprint density at radius 1 is 1.23 bits per heavy atom. The van der Waals surface area contributed by atoms with Gasteiger partial charge in [0.1, 0.15) is 5.75 Å². The van der Waals surface area contributed by atoms with Crippen LogP contribution in [0.4, 0.5) is 0 Å².